The molecule has 0 saturated heterocycles. The summed E-state index contributed by atoms with van der Waals surface area (Å²) < 4.78 is 2.53. The topological polar surface area (TPSA) is 129 Å². The smallest absolute Gasteiger partial charge is 0.251 e. The molecule has 0 atom stereocenters. The molecule has 0 aliphatic heterocycles. The zero-order chi connectivity index (χ0) is 22.0. The van der Waals surface area contributed by atoms with Crippen LogP contribution in [-0.4, -0.2) is 42.3 Å². The molecule has 0 radical (unpaired) electrons. The molecular weight excluding hydrogens is 422 g/mol. The number of rotatable bonds is 7. The summed E-state index contributed by atoms with van der Waals surface area (Å²) in [5, 5.41) is 7.86. The zero-order valence-electron chi connectivity index (χ0n) is 17.4. The number of thioether (sulfide) groups is 1. The fraction of sp³-hybridized carbons (Fsp3) is 0.368. The molecule has 0 saturated carbocycles. The Balaban J connectivity index is 1.75. The molecule has 2 amide bonds. The molecular formula is C19H23N7O2S2. The number of aryl methyl sites for hydroxylation is 4. The summed E-state index contributed by atoms with van der Waals surface area (Å²) in [6.07, 6.45) is 0.158. The summed E-state index contributed by atoms with van der Waals surface area (Å²) in [7, 11) is 0. The number of nitrogens with two attached hydrogens (primary N) is 1. The largest absolute Gasteiger partial charge is 0.369 e. The van der Waals surface area contributed by atoms with Gasteiger partial charge in [0.25, 0.3) is 5.95 Å². The maximum Gasteiger partial charge on any atom is 0.251 e. The van der Waals surface area contributed by atoms with Crippen molar-refractivity contribution in [3.63, 3.8) is 0 Å². The van der Waals surface area contributed by atoms with E-state index in [9.17, 15) is 9.59 Å². The molecule has 0 unspecified atom stereocenters. The van der Waals surface area contributed by atoms with Crippen molar-refractivity contribution in [1.29, 1.82) is 0 Å². The third-order valence-electron chi connectivity index (χ3n) is 4.28. The quantitative estimate of drug-likeness (QED) is 0.534. The van der Waals surface area contributed by atoms with Gasteiger partial charge in [0.05, 0.1) is 27.8 Å². The van der Waals surface area contributed by atoms with Crippen LogP contribution in [0.1, 0.15) is 34.0 Å². The van der Waals surface area contributed by atoms with Crippen molar-refractivity contribution in [1.82, 2.24) is 24.7 Å². The van der Waals surface area contributed by atoms with Gasteiger partial charge in [-0.3, -0.25) is 9.59 Å². The van der Waals surface area contributed by atoms with Crippen molar-refractivity contribution in [3.05, 3.63) is 40.1 Å². The van der Waals surface area contributed by atoms with Crippen LogP contribution in [0.15, 0.2) is 10.3 Å². The molecule has 3 aromatic heterocycles. The fourth-order valence-corrected chi connectivity index (χ4v) is 4.85. The minimum atomic E-state index is -0.394. The van der Waals surface area contributed by atoms with Gasteiger partial charge in [0.2, 0.25) is 11.8 Å². The van der Waals surface area contributed by atoms with Crippen molar-refractivity contribution >= 4 is 40.0 Å². The predicted octanol–water partition coefficient (Wildman–Crippen LogP) is 2.42. The Labute approximate surface area is 182 Å². The molecule has 3 N–H and O–H groups in total. The van der Waals surface area contributed by atoms with Crippen molar-refractivity contribution in [2.45, 2.75) is 45.2 Å². The third kappa shape index (κ3) is 5.03. The third-order valence-corrected chi connectivity index (χ3v) is 6.74. The second-order valence-corrected chi connectivity index (χ2v) is 9.13. The van der Waals surface area contributed by atoms with E-state index in [1.54, 1.807) is 4.68 Å². The molecule has 30 heavy (non-hydrogen) atoms. The number of anilines is 1. The highest BCUT2D eigenvalue weighted by Gasteiger charge is 2.19. The van der Waals surface area contributed by atoms with E-state index < -0.39 is 5.91 Å². The number of aromatic nitrogens is 5. The van der Waals surface area contributed by atoms with Gasteiger partial charge in [-0.05, 0) is 40.7 Å². The fourth-order valence-electron chi connectivity index (χ4n) is 2.96. The van der Waals surface area contributed by atoms with Crippen LogP contribution < -0.4 is 11.1 Å². The first kappa shape index (κ1) is 21.9. The van der Waals surface area contributed by atoms with E-state index in [2.05, 4.69) is 25.4 Å². The van der Waals surface area contributed by atoms with Crippen LogP contribution in [0.3, 0.4) is 0 Å². The van der Waals surface area contributed by atoms with E-state index in [1.165, 1.54) is 23.1 Å². The van der Waals surface area contributed by atoms with Crippen molar-refractivity contribution in [2.75, 3.05) is 11.1 Å². The van der Waals surface area contributed by atoms with E-state index in [0.717, 1.165) is 38.2 Å². The minimum Gasteiger partial charge on any atom is -0.369 e. The predicted molar refractivity (Wildman–Crippen MR) is 117 cm³/mol. The van der Waals surface area contributed by atoms with Gasteiger partial charge in [0.15, 0.2) is 5.13 Å². The average molecular weight is 446 g/mol. The Morgan fingerprint density at radius 2 is 1.77 bits per heavy atom. The lowest BCUT2D eigenvalue weighted by atomic mass is 10.1. The van der Waals surface area contributed by atoms with Crippen LogP contribution in [0.25, 0.3) is 5.95 Å². The van der Waals surface area contributed by atoms with E-state index in [-0.39, 0.29) is 18.1 Å². The maximum absolute atomic E-state index is 12.6. The van der Waals surface area contributed by atoms with Crippen molar-refractivity contribution in [2.24, 2.45) is 5.73 Å². The number of carbonyl (C=O) groups is 2. The Hall–Kier alpha value is -2.79. The summed E-state index contributed by atoms with van der Waals surface area (Å²) in [4.78, 5) is 36.9. The van der Waals surface area contributed by atoms with Crippen LogP contribution in [-0.2, 0) is 16.0 Å². The molecule has 0 spiro atoms. The van der Waals surface area contributed by atoms with Gasteiger partial charge >= 0.3 is 0 Å². The number of carbonyl (C=O) groups excluding carboxylic acids is 2. The molecule has 0 aliphatic rings. The lowest BCUT2D eigenvalue weighted by Crippen LogP contribution is -2.15. The van der Waals surface area contributed by atoms with E-state index in [1.807, 2.05) is 40.7 Å². The highest BCUT2D eigenvalue weighted by Crippen LogP contribution is 2.32. The molecule has 0 aliphatic carbocycles. The monoisotopic (exact) mass is 445 g/mol. The molecule has 158 valence electrons. The normalized spacial score (nSPS) is 11.0. The molecule has 3 aromatic rings. The number of primary amides is 1. The van der Waals surface area contributed by atoms with Gasteiger partial charge in [0.1, 0.15) is 0 Å². The molecule has 0 fully saturated rings. The first-order valence-electron chi connectivity index (χ1n) is 9.20. The van der Waals surface area contributed by atoms with Crippen LogP contribution in [0.2, 0.25) is 0 Å². The summed E-state index contributed by atoms with van der Waals surface area (Å²) in [6, 6.07) is 1.90. The lowest BCUT2D eigenvalue weighted by Gasteiger charge is -2.06. The van der Waals surface area contributed by atoms with Gasteiger partial charge in [-0.2, -0.15) is 5.10 Å². The standard InChI is InChI=1S/C19H23N7O2S2/c1-9-6-10(2)22-18(21-9)26-13(5)14(11(3)25-26)7-16(28)24-19-23-12(4)17(30-19)29-8-15(20)27/h6H,7-8H2,1-5H3,(H2,20,27)(H,23,24,28). The lowest BCUT2D eigenvalue weighted by molar-refractivity contribution is -0.116. The first-order valence-corrected chi connectivity index (χ1v) is 11.0. The van der Waals surface area contributed by atoms with Crippen molar-refractivity contribution in [3.8, 4) is 5.95 Å². The average Bonchev–Trinajstić information content (AvgIpc) is 3.12. The first-order chi connectivity index (χ1) is 14.1. The van der Waals surface area contributed by atoms with Crippen LogP contribution in [0.4, 0.5) is 5.13 Å². The highest BCUT2D eigenvalue weighted by atomic mass is 32.2. The van der Waals surface area contributed by atoms with Crippen LogP contribution >= 0.6 is 23.1 Å². The Morgan fingerprint density at radius 3 is 2.40 bits per heavy atom. The van der Waals surface area contributed by atoms with Crippen molar-refractivity contribution < 1.29 is 9.59 Å². The number of nitrogens with zero attached hydrogens (tertiary/aromatic N) is 5. The number of hydrogen-bond acceptors (Lipinski definition) is 8. The van der Waals surface area contributed by atoms with E-state index >= 15 is 0 Å². The number of amides is 2. The van der Waals surface area contributed by atoms with Gasteiger partial charge in [-0.15, -0.1) is 11.8 Å². The molecule has 9 nitrogen and oxygen atoms in total. The Kier molecular flexibility index (Phi) is 6.52. The summed E-state index contributed by atoms with van der Waals surface area (Å²) in [6.45, 7) is 9.41. The van der Waals surface area contributed by atoms with Gasteiger partial charge in [-0.1, -0.05) is 11.3 Å². The molecule has 0 bridgehead atoms. The molecule has 3 rings (SSSR count). The summed E-state index contributed by atoms with van der Waals surface area (Å²) >= 11 is 2.64. The minimum absolute atomic E-state index is 0.158. The second kappa shape index (κ2) is 8.92. The Bertz CT molecular complexity index is 1100. The Morgan fingerprint density at radius 1 is 1.10 bits per heavy atom. The number of hydrogen-bond donors (Lipinski definition) is 2. The zero-order valence-corrected chi connectivity index (χ0v) is 19.1. The van der Waals surface area contributed by atoms with Gasteiger partial charge in [-0.25, -0.2) is 19.6 Å². The van der Waals surface area contributed by atoms with Gasteiger partial charge < -0.3 is 11.1 Å². The molecule has 3 heterocycles. The van der Waals surface area contributed by atoms with E-state index in [4.69, 9.17) is 5.73 Å². The van der Waals surface area contributed by atoms with Crippen LogP contribution in [0.5, 0.6) is 0 Å². The molecule has 11 heteroatoms. The number of nitrogens with one attached hydrogen (secondary N) is 1. The van der Waals surface area contributed by atoms with E-state index in [0.29, 0.717) is 11.1 Å². The van der Waals surface area contributed by atoms with Gasteiger partial charge in [0, 0.05) is 22.6 Å². The molecule has 0 aromatic carbocycles. The SMILES string of the molecule is Cc1cc(C)nc(-n2nc(C)c(CC(=O)Nc3nc(C)c(SCC(N)=O)s3)c2C)n1. The summed E-state index contributed by atoms with van der Waals surface area (Å²) in [5.41, 5.74) is 10.1. The number of thiazole rings is 1. The second-order valence-electron chi connectivity index (χ2n) is 6.88. The summed E-state index contributed by atoms with van der Waals surface area (Å²) in [5.74, 6) is 0.0805. The van der Waals surface area contributed by atoms with Crippen LogP contribution in [0, 0.1) is 34.6 Å². The maximum atomic E-state index is 12.6. The highest BCUT2D eigenvalue weighted by molar-refractivity contribution is 8.01.